The first-order chi connectivity index (χ1) is 11.3. The minimum Gasteiger partial charge on any atom is -0.297 e. The smallest absolute Gasteiger partial charge is 0.255 e. The Kier molecular flexibility index (Phi) is 4.50. The van der Waals surface area contributed by atoms with Crippen LogP contribution >= 0.6 is 11.6 Å². The van der Waals surface area contributed by atoms with E-state index in [0.717, 1.165) is 17.4 Å². The largest absolute Gasteiger partial charge is 0.297 e. The van der Waals surface area contributed by atoms with Crippen molar-refractivity contribution in [1.82, 2.24) is 14.9 Å². The number of halogens is 1. The van der Waals surface area contributed by atoms with Crippen LogP contribution < -0.4 is 5.56 Å². The van der Waals surface area contributed by atoms with Crippen LogP contribution in [0.4, 0.5) is 0 Å². The highest BCUT2D eigenvalue weighted by molar-refractivity contribution is 7.90. The Labute approximate surface area is 145 Å². The third kappa shape index (κ3) is 3.38. The first kappa shape index (κ1) is 17.1. The summed E-state index contributed by atoms with van der Waals surface area (Å²) in [5, 5.41) is 0.429. The number of hydrogen-bond donors (Lipinski definition) is 1. The Balaban J connectivity index is 1.92. The molecule has 0 fully saturated rings. The minimum absolute atomic E-state index is 0.276. The zero-order valence-corrected chi connectivity index (χ0v) is 15.0. The number of sulfone groups is 1. The van der Waals surface area contributed by atoms with Gasteiger partial charge in [0.05, 0.1) is 5.69 Å². The molecule has 1 aromatic carbocycles. The van der Waals surface area contributed by atoms with E-state index >= 15 is 0 Å². The Morgan fingerprint density at radius 2 is 2.12 bits per heavy atom. The molecule has 3 rings (SSSR count). The van der Waals surface area contributed by atoms with Crippen molar-refractivity contribution in [1.29, 1.82) is 0 Å². The Morgan fingerprint density at radius 3 is 2.79 bits per heavy atom. The van der Waals surface area contributed by atoms with E-state index in [4.69, 9.17) is 11.6 Å². The molecule has 24 heavy (non-hydrogen) atoms. The second-order valence-electron chi connectivity index (χ2n) is 6.06. The van der Waals surface area contributed by atoms with Crippen LogP contribution in [-0.4, -0.2) is 36.1 Å². The van der Waals surface area contributed by atoms with Crippen LogP contribution in [0.2, 0.25) is 5.02 Å². The summed E-state index contributed by atoms with van der Waals surface area (Å²) in [6.07, 6.45) is 1.57. The van der Waals surface area contributed by atoms with E-state index in [-0.39, 0.29) is 10.7 Å². The lowest BCUT2D eigenvalue weighted by Gasteiger charge is -2.28. The molecule has 1 N–H and O–H groups in total. The Hall–Kier alpha value is -1.70. The summed E-state index contributed by atoms with van der Waals surface area (Å²) in [7, 11) is -3.55. The molecular formula is C16H18ClN3O3S. The first-order valence-corrected chi connectivity index (χ1v) is 9.81. The van der Waals surface area contributed by atoms with E-state index in [1.165, 1.54) is 0 Å². The second-order valence-corrected chi connectivity index (χ2v) is 8.40. The molecule has 0 amide bonds. The minimum atomic E-state index is -3.55. The molecule has 1 aliphatic rings. The van der Waals surface area contributed by atoms with Gasteiger partial charge in [-0.1, -0.05) is 23.7 Å². The fourth-order valence-corrected chi connectivity index (χ4v) is 3.71. The quantitative estimate of drug-likeness (QED) is 0.835. The number of fused-ring (bicyclic) bond motifs is 1. The van der Waals surface area contributed by atoms with Crippen LogP contribution in [-0.2, 0) is 29.3 Å². The van der Waals surface area contributed by atoms with E-state index in [0.29, 0.717) is 42.3 Å². The van der Waals surface area contributed by atoms with Crippen molar-refractivity contribution in [3.05, 3.63) is 56.0 Å². The summed E-state index contributed by atoms with van der Waals surface area (Å²) in [6.45, 7) is 3.75. The van der Waals surface area contributed by atoms with Crippen molar-refractivity contribution in [3.8, 4) is 0 Å². The summed E-state index contributed by atoms with van der Waals surface area (Å²) in [4.78, 5) is 20.8. The predicted molar refractivity (Wildman–Crippen MR) is 92.0 cm³/mol. The topological polar surface area (TPSA) is 83.1 Å². The van der Waals surface area contributed by atoms with Crippen molar-refractivity contribution < 1.29 is 8.42 Å². The third-order valence-electron chi connectivity index (χ3n) is 4.22. The van der Waals surface area contributed by atoms with Crippen LogP contribution in [0.25, 0.3) is 0 Å². The molecule has 0 atom stereocenters. The Bertz CT molecular complexity index is 933. The highest BCUT2D eigenvalue weighted by Gasteiger charge is 2.24. The fourth-order valence-electron chi connectivity index (χ4n) is 2.87. The molecule has 0 radical (unpaired) electrons. The van der Waals surface area contributed by atoms with Crippen LogP contribution in [0.15, 0.2) is 28.2 Å². The number of benzene rings is 1. The van der Waals surface area contributed by atoms with E-state index in [1.54, 1.807) is 0 Å². The SMILES string of the molecule is Cc1cccc(Cl)c1CN1CCc2c(nc(S(C)(=O)=O)[nH]c2=O)C1. The molecule has 2 aromatic rings. The maximum absolute atomic E-state index is 12.1. The summed E-state index contributed by atoms with van der Waals surface area (Å²) in [5.41, 5.74) is 2.86. The maximum atomic E-state index is 12.1. The van der Waals surface area contributed by atoms with Crippen molar-refractivity contribution in [2.24, 2.45) is 0 Å². The zero-order valence-electron chi connectivity index (χ0n) is 13.5. The predicted octanol–water partition coefficient (Wildman–Crippen LogP) is 1.69. The van der Waals surface area contributed by atoms with Gasteiger partial charge in [0.25, 0.3) is 5.56 Å². The molecule has 0 saturated carbocycles. The van der Waals surface area contributed by atoms with E-state index < -0.39 is 9.84 Å². The van der Waals surface area contributed by atoms with Gasteiger partial charge in [-0.2, -0.15) is 0 Å². The molecule has 0 unspecified atom stereocenters. The van der Waals surface area contributed by atoms with Gasteiger partial charge in [0, 0.05) is 36.5 Å². The standard InChI is InChI=1S/C16H18ClN3O3S/c1-10-4-3-5-13(17)12(10)8-20-7-6-11-14(9-20)18-16(19-15(11)21)24(2,22)23/h3-5H,6-9H2,1-2H3,(H,18,19,21). The highest BCUT2D eigenvalue weighted by atomic mass is 35.5. The van der Waals surface area contributed by atoms with Crippen LogP contribution in [0.5, 0.6) is 0 Å². The summed E-state index contributed by atoms with van der Waals surface area (Å²) >= 11 is 6.28. The number of nitrogens with one attached hydrogen (secondary N) is 1. The van der Waals surface area contributed by atoms with Crippen molar-refractivity contribution >= 4 is 21.4 Å². The monoisotopic (exact) mass is 367 g/mol. The molecule has 0 aliphatic carbocycles. The molecule has 128 valence electrons. The van der Waals surface area contributed by atoms with Crippen molar-refractivity contribution in [3.63, 3.8) is 0 Å². The van der Waals surface area contributed by atoms with Gasteiger partial charge in [-0.05, 0) is 30.5 Å². The number of rotatable bonds is 3. The average molecular weight is 368 g/mol. The summed E-state index contributed by atoms with van der Waals surface area (Å²) in [6, 6.07) is 5.77. The first-order valence-electron chi connectivity index (χ1n) is 7.54. The van der Waals surface area contributed by atoms with Gasteiger partial charge in [0.2, 0.25) is 15.0 Å². The molecule has 1 aromatic heterocycles. The number of aryl methyl sites for hydroxylation is 1. The fraction of sp³-hybridized carbons (Fsp3) is 0.375. The summed E-state index contributed by atoms with van der Waals surface area (Å²) in [5.74, 6) is 0. The number of aromatic nitrogens is 2. The number of H-pyrrole nitrogens is 1. The van der Waals surface area contributed by atoms with Gasteiger partial charge in [-0.15, -0.1) is 0 Å². The lowest BCUT2D eigenvalue weighted by molar-refractivity contribution is 0.239. The van der Waals surface area contributed by atoms with Gasteiger partial charge < -0.3 is 0 Å². The van der Waals surface area contributed by atoms with E-state index in [9.17, 15) is 13.2 Å². The van der Waals surface area contributed by atoms with Crippen molar-refractivity contribution in [2.75, 3.05) is 12.8 Å². The van der Waals surface area contributed by atoms with Gasteiger partial charge >= 0.3 is 0 Å². The second kappa shape index (κ2) is 6.31. The zero-order chi connectivity index (χ0) is 17.5. The number of nitrogens with zero attached hydrogens (tertiary/aromatic N) is 2. The lowest BCUT2D eigenvalue weighted by atomic mass is 10.0. The molecule has 1 aliphatic heterocycles. The molecular weight excluding hydrogens is 350 g/mol. The molecule has 0 bridgehead atoms. The van der Waals surface area contributed by atoms with Crippen LogP contribution in [0, 0.1) is 6.92 Å². The van der Waals surface area contributed by atoms with E-state index in [2.05, 4.69) is 14.9 Å². The molecule has 0 saturated heterocycles. The molecule has 0 spiro atoms. The van der Waals surface area contributed by atoms with E-state index in [1.807, 2.05) is 25.1 Å². The summed E-state index contributed by atoms with van der Waals surface area (Å²) < 4.78 is 23.3. The van der Waals surface area contributed by atoms with Gasteiger partial charge in [0.1, 0.15) is 0 Å². The highest BCUT2D eigenvalue weighted by Crippen LogP contribution is 2.24. The van der Waals surface area contributed by atoms with Crippen LogP contribution in [0.3, 0.4) is 0 Å². The maximum Gasteiger partial charge on any atom is 0.255 e. The average Bonchev–Trinajstić information content (AvgIpc) is 2.50. The lowest BCUT2D eigenvalue weighted by Crippen LogP contribution is -2.35. The normalized spacial score (nSPS) is 15.3. The number of hydrogen-bond acceptors (Lipinski definition) is 5. The van der Waals surface area contributed by atoms with Gasteiger partial charge in [-0.25, -0.2) is 13.4 Å². The Morgan fingerprint density at radius 1 is 1.38 bits per heavy atom. The third-order valence-corrected chi connectivity index (χ3v) is 5.47. The van der Waals surface area contributed by atoms with Crippen molar-refractivity contribution in [2.45, 2.75) is 31.6 Å². The van der Waals surface area contributed by atoms with Gasteiger partial charge in [-0.3, -0.25) is 14.7 Å². The molecule has 8 heteroatoms. The molecule has 2 heterocycles. The molecule has 6 nitrogen and oxygen atoms in total. The number of aromatic amines is 1. The van der Waals surface area contributed by atoms with Crippen LogP contribution in [0.1, 0.15) is 22.4 Å². The van der Waals surface area contributed by atoms with Gasteiger partial charge in [0.15, 0.2) is 0 Å².